The fourth-order valence-electron chi connectivity index (χ4n) is 2.06. The van der Waals surface area contributed by atoms with E-state index < -0.39 is 0 Å². The zero-order valence-corrected chi connectivity index (χ0v) is 13.6. The molecule has 0 radical (unpaired) electrons. The minimum absolute atomic E-state index is 0.156. The van der Waals surface area contributed by atoms with Crippen LogP contribution in [0.5, 0.6) is 0 Å². The zero-order valence-electron chi connectivity index (χ0n) is 13.6. The second-order valence-electron chi connectivity index (χ2n) is 5.04. The molecule has 5 nitrogen and oxygen atoms in total. The van der Waals surface area contributed by atoms with Gasteiger partial charge in [0.15, 0.2) is 0 Å². The average Bonchev–Trinajstić information content (AvgIpc) is 2.51. The van der Waals surface area contributed by atoms with Gasteiger partial charge in [0.05, 0.1) is 0 Å². The number of likely N-dealkylation sites (N-methyl/N-ethyl adjacent to an activating group) is 1. The van der Waals surface area contributed by atoms with Crippen LogP contribution in [0.25, 0.3) is 0 Å². The number of anilines is 1. The van der Waals surface area contributed by atoms with Crippen LogP contribution in [0, 0.1) is 0 Å². The van der Waals surface area contributed by atoms with Gasteiger partial charge in [0.2, 0.25) is 0 Å². The van der Waals surface area contributed by atoms with E-state index >= 15 is 0 Å². The average molecular weight is 292 g/mol. The standard InChI is InChI=1S/C16H28N4O/c1-5-20(6-2)12-11-18-16(21)19-15-9-7-14(8-10-15)13(3)17-4/h7-10,13,17H,5-6,11-12H2,1-4H3,(H2,18,19,21). The van der Waals surface area contributed by atoms with Crippen LogP contribution in [0.3, 0.4) is 0 Å². The summed E-state index contributed by atoms with van der Waals surface area (Å²) in [5.41, 5.74) is 2.01. The molecule has 1 atom stereocenters. The highest BCUT2D eigenvalue weighted by molar-refractivity contribution is 5.89. The van der Waals surface area contributed by atoms with Gasteiger partial charge >= 0.3 is 6.03 Å². The first-order valence-corrected chi connectivity index (χ1v) is 7.65. The lowest BCUT2D eigenvalue weighted by molar-refractivity contribution is 0.248. The number of rotatable bonds is 8. The molecule has 1 unspecified atom stereocenters. The van der Waals surface area contributed by atoms with Gasteiger partial charge in [-0.1, -0.05) is 26.0 Å². The molecular formula is C16H28N4O. The monoisotopic (exact) mass is 292 g/mol. The van der Waals surface area contributed by atoms with Crippen molar-refractivity contribution < 1.29 is 4.79 Å². The molecule has 1 aromatic carbocycles. The van der Waals surface area contributed by atoms with Crippen LogP contribution in [-0.2, 0) is 0 Å². The molecule has 5 heteroatoms. The third-order valence-corrected chi connectivity index (χ3v) is 3.71. The van der Waals surface area contributed by atoms with Gasteiger partial charge in [-0.15, -0.1) is 0 Å². The van der Waals surface area contributed by atoms with Crippen LogP contribution >= 0.6 is 0 Å². The van der Waals surface area contributed by atoms with E-state index in [0.29, 0.717) is 12.6 Å². The summed E-state index contributed by atoms with van der Waals surface area (Å²) in [4.78, 5) is 14.1. The molecule has 0 aliphatic heterocycles. The molecule has 21 heavy (non-hydrogen) atoms. The molecule has 0 heterocycles. The lowest BCUT2D eigenvalue weighted by Crippen LogP contribution is -2.36. The van der Waals surface area contributed by atoms with Crippen molar-refractivity contribution in [2.24, 2.45) is 0 Å². The summed E-state index contributed by atoms with van der Waals surface area (Å²) in [7, 11) is 1.93. The summed E-state index contributed by atoms with van der Waals surface area (Å²) >= 11 is 0. The molecule has 0 saturated heterocycles. The van der Waals surface area contributed by atoms with Crippen LogP contribution in [0.4, 0.5) is 10.5 Å². The van der Waals surface area contributed by atoms with E-state index in [4.69, 9.17) is 0 Å². The van der Waals surface area contributed by atoms with Crippen LogP contribution in [0.15, 0.2) is 24.3 Å². The minimum Gasteiger partial charge on any atom is -0.337 e. The molecule has 0 aromatic heterocycles. The molecule has 3 N–H and O–H groups in total. The zero-order chi connectivity index (χ0) is 15.7. The van der Waals surface area contributed by atoms with Gasteiger partial charge in [-0.05, 0) is 44.8 Å². The van der Waals surface area contributed by atoms with E-state index in [2.05, 4.69) is 41.6 Å². The van der Waals surface area contributed by atoms with E-state index in [-0.39, 0.29) is 6.03 Å². The van der Waals surface area contributed by atoms with Gasteiger partial charge < -0.3 is 20.9 Å². The molecule has 0 saturated carbocycles. The fourth-order valence-corrected chi connectivity index (χ4v) is 2.06. The Morgan fingerprint density at radius 1 is 1.19 bits per heavy atom. The predicted molar refractivity (Wildman–Crippen MR) is 88.7 cm³/mol. The first kappa shape index (κ1) is 17.5. The molecule has 1 aromatic rings. The summed E-state index contributed by atoms with van der Waals surface area (Å²) < 4.78 is 0. The molecule has 1 rings (SSSR count). The van der Waals surface area contributed by atoms with Gasteiger partial charge in [0.1, 0.15) is 0 Å². The second-order valence-corrected chi connectivity index (χ2v) is 5.04. The molecule has 0 aliphatic carbocycles. The Labute approximate surface area is 128 Å². The van der Waals surface area contributed by atoms with Crippen LogP contribution in [-0.4, -0.2) is 44.2 Å². The number of amides is 2. The maximum Gasteiger partial charge on any atom is 0.319 e. The smallest absolute Gasteiger partial charge is 0.319 e. The van der Waals surface area contributed by atoms with Crippen LogP contribution in [0.1, 0.15) is 32.4 Å². The van der Waals surface area contributed by atoms with Crippen molar-refractivity contribution in [3.8, 4) is 0 Å². The van der Waals surface area contributed by atoms with E-state index in [1.807, 2.05) is 31.3 Å². The maximum atomic E-state index is 11.8. The highest BCUT2D eigenvalue weighted by Crippen LogP contribution is 2.15. The number of hydrogen-bond donors (Lipinski definition) is 3. The van der Waals surface area contributed by atoms with Crippen molar-refractivity contribution in [1.29, 1.82) is 0 Å². The lowest BCUT2D eigenvalue weighted by atomic mass is 10.1. The quantitative estimate of drug-likeness (QED) is 0.690. The van der Waals surface area contributed by atoms with Gasteiger partial charge in [-0.3, -0.25) is 0 Å². The van der Waals surface area contributed by atoms with Crippen LogP contribution < -0.4 is 16.0 Å². The van der Waals surface area contributed by atoms with Crippen molar-refractivity contribution >= 4 is 11.7 Å². The first-order valence-electron chi connectivity index (χ1n) is 7.65. The Balaban J connectivity index is 2.37. The minimum atomic E-state index is -0.156. The SMILES string of the molecule is CCN(CC)CCNC(=O)Nc1ccc(C(C)NC)cc1. The lowest BCUT2D eigenvalue weighted by Gasteiger charge is -2.18. The molecule has 0 bridgehead atoms. The van der Waals surface area contributed by atoms with Gasteiger partial charge in [-0.2, -0.15) is 0 Å². The summed E-state index contributed by atoms with van der Waals surface area (Å²) in [6, 6.07) is 8.04. The summed E-state index contributed by atoms with van der Waals surface area (Å²) in [5.74, 6) is 0. The second kappa shape index (κ2) is 9.37. The van der Waals surface area contributed by atoms with Gasteiger partial charge in [0.25, 0.3) is 0 Å². The number of urea groups is 1. The largest absolute Gasteiger partial charge is 0.337 e. The fraction of sp³-hybridized carbons (Fsp3) is 0.562. The third-order valence-electron chi connectivity index (χ3n) is 3.71. The van der Waals surface area contributed by atoms with E-state index in [0.717, 1.165) is 25.3 Å². The van der Waals surface area contributed by atoms with Crippen LogP contribution in [0.2, 0.25) is 0 Å². The molecule has 0 fully saturated rings. The summed E-state index contributed by atoms with van der Waals surface area (Å²) in [6.07, 6.45) is 0. The number of carbonyl (C=O) groups excluding carboxylic acids is 1. The van der Waals surface area contributed by atoms with Crippen molar-refractivity contribution in [3.05, 3.63) is 29.8 Å². The Bertz CT molecular complexity index is 415. The first-order chi connectivity index (χ1) is 10.1. The van der Waals surface area contributed by atoms with Crippen molar-refractivity contribution in [2.45, 2.75) is 26.8 Å². The predicted octanol–water partition coefficient (Wildman–Crippen LogP) is 2.43. The molecule has 118 valence electrons. The number of nitrogens with zero attached hydrogens (tertiary/aromatic N) is 1. The normalized spacial score (nSPS) is 12.2. The molecule has 2 amide bonds. The maximum absolute atomic E-state index is 11.8. The Morgan fingerprint density at radius 3 is 2.33 bits per heavy atom. The molecule has 0 spiro atoms. The van der Waals surface area contributed by atoms with Gasteiger partial charge in [0, 0.05) is 24.8 Å². The Hall–Kier alpha value is -1.59. The van der Waals surface area contributed by atoms with E-state index in [9.17, 15) is 4.79 Å². The number of nitrogens with one attached hydrogen (secondary N) is 3. The summed E-state index contributed by atoms with van der Waals surface area (Å²) in [5, 5.41) is 8.91. The topological polar surface area (TPSA) is 56.4 Å². The third kappa shape index (κ3) is 6.14. The number of hydrogen-bond acceptors (Lipinski definition) is 3. The number of benzene rings is 1. The van der Waals surface area contributed by atoms with Crippen molar-refractivity contribution in [3.63, 3.8) is 0 Å². The highest BCUT2D eigenvalue weighted by atomic mass is 16.2. The van der Waals surface area contributed by atoms with E-state index in [1.54, 1.807) is 0 Å². The summed E-state index contributed by atoms with van der Waals surface area (Å²) in [6.45, 7) is 9.88. The highest BCUT2D eigenvalue weighted by Gasteiger charge is 2.05. The van der Waals surface area contributed by atoms with Gasteiger partial charge in [-0.25, -0.2) is 4.79 Å². The van der Waals surface area contributed by atoms with Crippen molar-refractivity contribution in [2.75, 3.05) is 38.5 Å². The molecule has 0 aliphatic rings. The van der Waals surface area contributed by atoms with Crippen molar-refractivity contribution in [1.82, 2.24) is 15.5 Å². The number of carbonyl (C=O) groups is 1. The Kier molecular flexibility index (Phi) is 7.79. The van der Waals surface area contributed by atoms with E-state index in [1.165, 1.54) is 5.56 Å². The Morgan fingerprint density at radius 2 is 1.81 bits per heavy atom. The molecular weight excluding hydrogens is 264 g/mol.